The minimum absolute atomic E-state index is 0.143. The Morgan fingerprint density at radius 2 is 2.35 bits per heavy atom. The van der Waals surface area contributed by atoms with Crippen molar-refractivity contribution in [2.75, 3.05) is 12.3 Å². The molecule has 2 aromatic heterocycles. The molecule has 0 bridgehead atoms. The molecule has 20 heavy (non-hydrogen) atoms. The van der Waals surface area contributed by atoms with E-state index >= 15 is 0 Å². The third-order valence-corrected chi connectivity index (χ3v) is 2.82. The Bertz CT molecular complexity index is 587. The van der Waals surface area contributed by atoms with Crippen molar-refractivity contribution in [2.24, 2.45) is 0 Å². The highest BCUT2D eigenvalue weighted by molar-refractivity contribution is 5.93. The minimum atomic E-state index is -0.143. The highest BCUT2D eigenvalue weighted by Crippen LogP contribution is 2.11. The highest BCUT2D eigenvalue weighted by atomic mass is 16.5. The summed E-state index contributed by atoms with van der Waals surface area (Å²) in [5.74, 6) is 0.970. The van der Waals surface area contributed by atoms with Crippen LogP contribution in [0, 0.1) is 6.92 Å². The van der Waals surface area contributed by atoms with E-state index in [0.717, 1.165) is 13.0 Å². The third kappa shape index (κ3) is 3.37. The number of nitrogens with zero attached hydrogens (tertiary/aromatic N) is 3. The van der Waals surface area contributed by atoms with Gasteiger partial charge in [0.05, 0.1) is 5.69 Å². The smallest absolute Gasteiger partial charge is 0.267 e. The molecule has 2 rings (SSSR count). The van der Waals surface area contributed by atoms with Gasteiger partial charge < -0.3 is 20.1 Å². The summed E-state index contributed by atoms with van der Waals surface area (Å²) in [7, 11) is 0. The van der Waals surface area contributed by atoms with Gasteiger partial charge in [-0.1, -0.05) is 12.1 Å². The number of nitrogens with one attached hydrogen (secondary N) is 1. The van der Waals surface area contributed by atoms with Crippen molar-refractivity contribution in [1.29, 1.82) is 0 Å². The highest BCUT2D eigenvalue weighted by Gasteiger charge is 2.12. The monoisotopic (exact) mass is 277 g/mol. The number of hydrogen-bond donors (Lipinski definition) is 2. The lowest BCUT2D eigenvalue weighted by molar-refractivity contribution is 0.0944. The molecule has 0 aliphatic heterocycles. The SMILES string of the molecule is CCCn1cc(N)cc1C(=O)NCCc1noc(C)n1. The Kier molecular flexibility index (Phi) is 4.39. The number of carbonyl (C=O) groups excluding carboxylic acids is 1. The maximum absolute atomic E-state index is 12.1. The van der Waals surface area contributed by atoms with Gasteiger partial charge in [0.25, 0.3) is 5.91 Å². The van der Waals surface area contributed by atoms with Gasteiger partial charge in [0.1, 0.15) is 5.69 Å². The van der Waals surface area contributed by atoms with E-state index in [-0.39, 0.29) is 5.91 Å². The Balaban J connectivity index is 1.91. The number of aromatic nitrogens is 3. The average molecular weight is 277 g/mol. The molecule has 0 saturated heterocycles. The quantitative estimate of drug-likeness (QED) is 0.825. The van der Waals surface area contributed by atoms with E-state index in [9.17, 15) is 4.79 Å². The zero-order chi connectivity index (χ0) is 14.5. The van der Waals surface area contributed by atoms with Crippen LogP contribution >= 0.6 is 0 Å². The maximum atomic E-state index is 12.1. The molecule has 7 nitrogen and oxygen atoms in total. The second-order valence-electron chi connectivity index (χ2n) is 4.59. The van der Waals surface area contributed by atoms with Gasteiger partial charge in [0.2, 0.25) is 5.89 Å². The standard InChI is InChI=1S/C13H19N5O2/c1-3-6-18-8-10(14)7-11(18)13(19)15-5-4-12-16-9(2)20-17-12/h7-8H,3-6,14H2,1-2H3,(H,15,19). The third-order valence-electron chi connectivity index (χ3n) is 2.82. The van der Waals surface area contributed by atoms with E-state index in [2.05, 4.69) is 22.4 Å². The number of nitrogens with two attached hydrogens (primary N) is 1. The fourth-order valence-corrected chi connectivity index (χ4v) is 1.97. The Morgan fingerprint density at radius 1 is 1.55 bits per heavy atom. The van der Waals surface area contributed by atoms with Crippen molar-refractivity contribution in [2.45, 2.75) is 33.2 Å². The van der Waals surface area contributed by atoms with E-state index in [1.165, 1.54) is 0 Å². The fourth-order valence-electron chi connectivity index (χ4n) is 1.97. The lowest BCUT2D eigenvalue weighted by atomic mass is 10.3. The number of aryl methyl sites for hydroxylation is 2. The van der Waals surface area contributed by atoms with E-state index < -0.39 is 0 Å². The zero-order valence-electron chi connectivity index (χ0n) is 11.7. The normalized spacial score (nSPS) is 10.7. The van der Waals surface area contributed by atoms with Gasteiger partial charge in [-0.25, -0.2) is 0 Å². The number of carbonyl (C=O) groups is 1. The van der Waals surface area contributed by atoms with Crippen LogP contribution in [0.1, 0.15) is 35.5 Å². The van der Waals surface area contributed by atoms with Crippen LogP contribution in [0.25, 0.3) is 0 Å². The lowest BCUT2D eigenvalue weighted by Crippen LogP contribution is -2.28. The number of hydrogen-bond acceptors (Lipinski definition) is 5. The van der Waals surface area contributed by atoms with Crippen LogP contribution in [-0.4, -0.2) is 27.2 Å². The van der Waals surface area contributed by atoms with Crippen LogP contribution in [0.3, 0.4) is 0 Å². The molecule has 7 heteroatoms. The van der Waals surface area contributed by atoms with E-state index in [4.69, 9.17) is 10.3 Å². The first kappa shape index (κ1) is 14.1. The summed E-state index contributed by atoms with van der Waals surface area (Å²) >= 11 is 0. The number of nitrogen functional groups attached to an aromatic ring is 1. The summed E-state index contributed by atoms with van der Waals surface area (Å²) in [5, 5.41) is 6.61. The molecule has 0 aromatic carbocycles. The first-order valence-electron chi connectivity index (χ1n) is 6.63. The van der Waals surface area contributed by atoms with Crippen LogP contribution in [0.15, 0.2) is 16.8 Å². The van der Waals surface area contributed by atoms with Crippen molar-refractivity contribution < 1.29 is 9.32 Å². The van der Waals surface area contributed by atoms with Gasteiger partial charge >= 0.3 is 0 Å². The molecule has 0 aliphatic rings. The summed E-state index contributed by atoms with van der Waals surface area (Å²) in [4.78, 5) is 16.2. The van der Waals surface area contributed by atoms with Crippen LogP contribution < -0.4 is 11.1 Å². The molecule has 0 spiro atoms. The number of amides is 1. The molecular weight excluding hydrogens is 258 g/mol. The van der Waals surface area contributed by atoms with Gasteiger partial charge in [-0.3, -0.25) is 4.79 Å². The summed E-state index contributed by atoms with van der Waals surface area (Å²) in [6, 6.07) is 1.68. The van der Waals surface area contributed by atoms with Crippen molar-refractivity contribution in [3.63, 3.8) is 0 Å². The summed E-state index contributed by atoms with van der Waals surface area (Å²) in [6.07, 6.45) is 3.25. The number of anilines is 1. The van der Waals surface area contributed by atoms with E-state index in [1.54, 1.807) is 19.2 Å². The van der Waals surface area contributed by atoms with Crippen LogP contribution in [0.4, 0.5) is 5.69 Å². The fraction of sp³-hybridized carbons (Fsp3) is 0.462. The average Bonchev–Trinajstić information content (AvgIpc) is 2.96. The molecule has 3 N–H and O–H groups in total. The predicted octanol–water partition coefficient (Wildman–Crippen LogP) is 1.14. The van der Waals surface area contributed by atoms with E-state index in [1.807, 2.05) is 4.57 Å². The second-order valence-corrected chi connectivity index (χ2v) is 4.59. The topological polar surface area (TPSA) is 99.0 Å². The lowest BCUT2D eigenvalue weighted by Gasteiger charge is -2.07. The molecule has 0 atom stereocenters. The predicted molar refractivity (Wildman–Crippen MR) is 74.2 cm³/mol. The van der Waals surface area contributed by atoms with Crippen LogP contribution in [0.5, 0.6) is 0 Å². The van der Waals surface area contributed by atoms with Crippen molar-refractivity contribution in [1.82, 2.24) is 20.0 Å². The molecule has 0 aliphatic carbocycles. The van der Waals surface area contributed by atoms with Gasteiger partial charge in [0.15, 0.2) is 5.82 Å². The van der Waals surface area contributed by atoms with Gasteiger partial charge in [-0.05, 0) is 12.5 Å². The second kappa shape index (κ2) is 6.23. The summed E-state index contributed by atoms with van der Waals surface area (Å²) < 4.78 is 6.73. The molecule has 0 fully saturated rings. The van der Waals surface area contributed by atoms with Gasteiger partial charge in [0, 0.05) is 32.6 Å². The minimum Gasteiger partial charge on any atom is -0.397 e. The molecule has 1 amide bonds. The van der Waals surface area contributed by atoms with Gasteiger partial charge in [-0.15, -0.1) is 0 Å². The van der Waals surface area contributed by atoms with Gasteiger partial charge in [-0.2, -0.15) is 4.98 Å². The molecular formula is C13H19N5O2. The van der Waals surface area contributed by atoms with E-state index in [0.29, 0.717) is 36.1 Å². The molecule has 0 unspecified atom stereocenters. The zero-order valence-corrected chi connectivity index (χ0v) is 11.7. The Hall–Kier alpha value is -2.31. The van der Waals surface area contributed by atoms with Crippen molar-refractivity contribution in [3.05, 3.63) is 29.7 Å². The maximum Gasteiger partial charge on any atom is 0.267 e. The van der Waals surface area contributed by atoms with Crippen LogP contribution in [0.2, 0.25) is 0 Å². The van der Waals surface area contributed by atoms with Crippen LogP contribution in [-0.2, 0) is 13.0 Å². The summed E-state index contributed by atoms with van der Waals surface area (Å²) in [5.41, 5.74) is 6.91. The Morgan fingerprint density at radius 3 is 3.00 bits per heavy atom. The van der Waals surface area contributed by atoms with Crippen molar-refractivity contribution in [3.8, 4) is 0 Å². The summed E-state index contributed by atoms with van der Waals surface area (Å²) in [6.45, 7) is 5.00. The first-order valence-corrected chi connectivity index (χ1v) is 6.63. The molecule has 108 valence electrons. The molecule has 0 saturated carbocycles. The Labute approximate surface area is 117 Å². The molecule has 2 aromatic rings. The largest absolute Gasteiger partial charge is 0.397 e. The van der Waals surface area contributed by atoms with Crippen molar-refractivity contribution >= 4 is 11.6 Å². The molecule has 2 heterocycles. The first-order chi connectivity index (χ1) is 9.60. The number of rotatable bonds is 6. The molecule has 0 radical (unpaired) electrons.